The van der Waals surface area contributed by atoms with E-state index in [2.05, 4.69) is 10.1 Å². The molecular weight excluding hydrogens is 476 g/mol. The molecule has 4 rings (SSSR count). The highest BCUT2D eigenvalue weighted by Gasteiger charge is 2.36. The van der Waals surface area contributed by atoms with Crippen LogP contribution in [0.4, 0.5) is 0 Å². The molecule has 0 unspecified atom stereocenters. The van der Waals surface area contributed by atoms with Crippen LogP contribution in [-0.4, -0.2) is 47.3 Å². The number of thioether (sulfide) groups is 1. The van der Waals surface area contributed by atoms with Crippen molar-refractivity contribution >= 4 is 51.4 Å². The summed E-state index contributed by atoms with van der Waals surface area (Å²) in [4.78, 5) is 16.8. The lowest BCUT2D eigenvalue weighted by Crippen LogP contribution is -2.35. The van der Waals surface area contributed by atoms with E-state index in [1.807, 2.05) is 32.0 Å². The number of hydrazone groups is 1. The zero-order chi connectivity index (χ0) is 24.2. The number of amides is 1. The smallest absolute Gasteiger partial charge is 0.283 e. The molecule has 176 valence electrons. The number of methoxy groups -OCH3 is 1. The summed E-state index contributed by atoms with van der Waals surface area (Å²) in [5.41, 5.74) is 0.665. The second kappa shape index (κ2) is 10.3. The Hall–Kier alpha value is -3.30. The largest absolute Gasteiger partial charge is 0.497 e. The summed E-state index contributed by atoms with van der Waals surface area (Å²) in [5.74, 6) is 1.50. The first-order valence-electron chi connectivity index (χ1n) is 10.5. The maximum absolute atomic E-state index is 12.7. The van der Waals surface area contributed by atoms with Gasteiger partial charge in [0.25, 0.3) is 5.91 Å². The number of aliphatic imine (C=N–C) groups is 1. The molecule has 0 bridgehead atoms. The van der Waals surface area contributed by atoms with Crippen molar-refractivity contribution in [2.24, 2.45) is 16.0 Å². The fourth-order valence-electron chi connectivity index (χ4n) is 3.16. The summed E-state index contributed by atoms with van der Waals surface area (Å²) >= 11 is 7.50. The van der Waals surface area contributed by atoms with Crippen LogP contribution in [0.3, 0.4) is 0 Å². The Bertz CT molecular complexity index is 1230. The van der Waals surface area contributed by atoms with Crippen molar-refractivity contribution in [1.82, 2.24) is 5.01 Å². The van der Waals surface area contributed by atoms with E-state index in [9.17, 15) is 4.79 Å². The third kappa shape index (κ3) is 5.26. The number of hydrogen-bond acceptors (Lipinski definition) is 7. The SMILES string of the molecule is COc1cccc(OCCOc2ccc(Cl)cc2/C=C2\C(=N)N3N=C(C(C)C)SC3=NC2=O)c1. The number of halogens is 1. The Morgan fingerprint density at radius 3 is 2.68 bits per heavy atom. The fraction of sp³-hybridized carbons (Fsp3) is 0.250. The number of nitrogens with zero attached hydrogens (tertiary/aromatic N) is 3. The number of fused-ring (bicyclic) bond motifs is 1. The highest BCUT2D eigenvalue weighted by atomic mass is 35.5. The first-order chi connectivity index (χ1) is 16.4. The van der Waals surface area contributed by atoms with Crippen molar-refractivity contribution in [2.45, 2.75) is 13.8 Å². The van der Waals surface area contributed by atoms with E-state index in [-0.39, 0.29) is 23.9 Å². The Kier molecular flexibility index (Phi) is 7.23. The minimum Gasteiger partial charge on any atom is -0.497 e. The summed E-state index contributed by atoms with van der Waals surface area (Å²) in [7, 11) is 1.60. The summed E-state index contributed by atoms with van der Waals surface area (Å²) in [6.07, 6.45) is 1.56. The first kappa shape index (κ1) is 23.8. The van der Waals surface area contributed by atoms with Gasteiger partial charge in [-0.25, -0.2) is 0 Å². The Morgan fingerprint density at radius 2 is 1.91 bits per heavy atom. The molecule has 0 aliphatic carbocycles. The molecule has 34 heavy (non-hydrogen) atoms. The molecule has 0 fully saturated rings. The minimum atomic E-state index is -0.503. The normalized spacial score (nSPS) is 16.5. The van der Waals surface area contributed by atoms with E-state index in [1.165, 1.54) is 16.8 Å². The highest BCUT2D eigenvalue weighted by Crippen LogP contribution is 2.32. The predicted octanol–water partition coefficient (Wildman–Crippen LogP) is 5.08. The quantitative estimate of drug-likeness (QED) is 0.402. The zero-order valence-corrected chi connectivity index (χ0v) is 20.4. The van der Waals surface area contributed by atoms with Crippen molar-refractivity contribution in [2.75, 3.05) is 20.3 Å². The molecule has 0 atom stereocenters. The molecule has 0 spiro atoms. The number of carbonyl (C=O) groups is 1. The van der Waals surface area contributed by atoms with Crippen molar-refractivity contribution in [1.29, 1.82) is 5.41 Å². The third-order valence-electron chi connectivity index (χ3n) is 4.89. The van der Waals surface area contributed by atoms with E-state index in [0.29, 0.717) is 39.6 Å². The van der Waals surface area contributed by atoms with Crippen LogP contribution in [0.25, 0.3) is 6.08 Å². The molecule has 2 heterocycles. The number of nitrogens with one attached hydrogen (secondary N) is 1. The summed E-state index contributed by atoms with van der Waals surface area (Å²) in [6, 6.07) is 12.4. The number of rotatable bonds is 8. The van der Waals surface area contributed by atoms with E-state index >= 15 is 0 Å². The van der Waals surface area contributed by atoms with Crippen LogP contribution in [0.1, 0.15) is 19.4 Å². The molecule has 0 radical (unpaired) electrons. The van der Waals surface area contributed by atoms with Gasteiger partial charge >= 0.3 is 0 Å². The first-order valence-corrected chi connectivity index (χ1v) is 11.7. The van der Waals surface area contributed by atoms with Gasteiger partial charge in [-0.2, -0.15) is 15.1 Å². The number of hydrogen-bond donors (Lipinski definition) is 1. The molecular formula is C24H23ClN4O4S. The highest BCUT2D eigenvalue weighted by molar-refractivity contribution is 8.27. The average molecular weight is 499 g/mol. The van der Waals surface area contributed by atoms with Gasteiger partial charge in [0.1, 0.15) is 35.5 Å². The molecule has 0 saturated carbocycles. The van der Waals surface area contributed by atoms with Gasteiger partial charge in [-0.15, -0.1) is 0 Å². The van der Waals surface area contributed by atoms with Crippen LogP contribution in [-0.2, 0) is 4.79 Å². The number of amidine groups is 2. The lowest BCUT2D eigenvalue weighted by atomic mass is 10.1. The predicted molar refractivity (Wildman–Crippen MR) is 135 cm³/mol. The molecule has 8 nitrogen and oxygen atoms in total. The lowest BCUT2D eigenvalue weighted by molar-refractivity contribution is -0.114. The molecule has 1 N–H and O–H groups in total. The maximum atomic E-state index is 12.7. The monoisotopic (exact) mass is 498 g/mol. The zero-order valence-electron chi connectivity index (χ0n) is 18.9. The Labute approximate surface area is 206 Å². The lowest BCUT2D eigenvalue weighted by Gasteiger charge is -2.20. The van der Waals surface area contributed by atoms with Gasteiger partial charge in [0, 0.05) is 22.6 Å². The summed E-state index contributed by atoms with van der Waals surface area (Å²) < 4.78 is 16.8. The number of carbonyl (C=O) groups excluding carboxylic acids is 1. The van der Waals surface area contributed by atoms with Crippen LogP contribution in [0.15, 0.2) is 58.1 Å². The van der Waals surface area contributed by atoms with Gasteiger partial charge < -0.3 is 14.2 Å². The number of benzene rings is 2. The molecule has 2 aliphatic heterocycles. The van der Waals surface area contributed by atoms with Crippen molar-refractivity contribution in [3.63, 3.8) is 0 Å². The topological polar surface area (TPSA) is 96.6 Å². The maximum Gasteiger partial charge on any atom is 0.283 e. The Morgan fingerprint density at radius 1 is 1.15 bits per heavy atom. The summed E-state index contributed by atoms with van der Waals surface area (Å²) in [6.45, 7) is 4.56. The fourth-order valence-corrected chi connectivity index (χ4v) is 4.23. The van der Waals surface area contributed by atoms with E-state index in [1.54, 1.807) is 37.5 Å². The van der Waals surface area contributed by atoms with Crippen LogP contribution in [0.5, 0.6) is 17.2 Å². The van der Waals surface area contributed by atoms with Gasteiger partial charge in [-0.05, 0) is 48.2 Å². The minimum absolute atomic E-state index is 0.0366. The van der Waals surface area contributed by atoms with Crippen LogP contribution in [0.2, 0.25) is 5.02 Å². The molecule has 0 aromatic heterocycles. The van der Waals surface area contributed by atoms with Crippen LogP contribution in [0, 0.1) is 11.3 Å². The van der Waals surface area contributed by atoms with Gasteiger partial charge in [0.15, 0.2) is 5.84 Å². The Balaban J connectivity index is 1.50. The second-order valence-electron chi connectivity index (χ2n) is 7.67. The van der Waals surface area contributed by atoms with Gasteiger partial charge in [0.05, 0.1) is 12.7 Å². The van der Waals surface area contributed by atoms with Crippen molar-refractivity contribution in [3.05, 3.63) is 58.6 Å². The summed E-state index contributed by atoms with van der Waals surface area (Å²) in [5, 5.41) is 16.0. The third-order valence-corrected chi connectivity index (χ3v) is 6.33. The molecule has 1 amide bonds. The molecule has 0 saturated heterocycles. The van der Waals surface area contributed by atoms with E-state index in [0.717, 1.165) is 5.04 Å². The standard InChI is InChI=1S/C24H23ClN4O4S/c1-14(2)23-28-29-21(26)19(22(30)27-24(29)34-23)12-15-11-16(25)7-8-20(15)33-10-9-32-18-6-4-5-17(13-18)31-3/h4-8,11-14,26H,9-10H2,1-3H3/b19-12+,26-21?. The van der Waals surface area contributed by atoms with Gasteiger partial charge in [0.2, 0.25) is 5.17 Å². The second-order valence-corrected chi connectivity index (χ2v) is 9.09. The van der Waals surface area contributed by atoms with Gasteiger partial charge in [-0.3, -0.25) is 10.2 Å². The molecule has 10 heteroatoms. The van der Waals surface area contributed by atoms with E-state index < -0.39 is 5.91 Å². The van der Waals surface area contributed by atoms with Crippen LogP contribution >= 0.6 is 23.4 Å². The van der Waals surface area contributed by atoms with Crippen molar-refractivity contribution in [3.8, 4) is 17.2 Å². The van der Waals surface area contributed by atoms with Crippen LogP contribution < -0.4 is 14.2 Å². The van der Waals surface area contributed by atoms with Crippen molar-refractivity contribution < 1.29 is 19.0 Å². The van der Waals surface area contributed by atoms with E-state index in [4.69, 9.17) is 31.2 Å². The molecule has 2 aromatic rings. The number of ether oxygens (including phenoxy) is 3. The van der Waals surface area contributed by atoms with Gasteiger partial charge in [-0.1, -0.05) is 31.5 Å². The average Bonchev–Trinajstić information content (AvgIpc) is 3.25. The molecule has 2 aliphatic rings. The molecule has 2 aromatic carbocycles.